The fourth-order valence-electron chi connectivity index (χ4n) is 4.33. The minimum atomic E-state index is 1.33. The van der Waals surface area contributed by atoms with Gasteiger partial charge in [0.1, 0.15) is 0 Å². The second kappa shape index (κ2) is 4.23. The van der Waals surface area contributed by atoms with E-state index in [4.69, 9.17) is 0 Å². The van der Waals surface area contributed by atoms with E-state index in [0.717, 1.165) is 0 Å². The minimum absolute atomic E-state index is 1.33. The summed E-state index contributed by atoms with van der Waals surface area (Å²) < 4.78 is 0. The summed E-state index contributed by atoms with van der Waals surface area (Å²) in [5.41, 5.74) is 4.25. The van der Waals surface area contributed by atoms with Crippen molar-refractivity contribution in [3.8, 4) is 0 Å². The molecule has 0 aliphatic carbocycles. The van der Waals surface area contributed by atoms with Crippen molar-refractivity contribution in [2.24, 2.45) is 0 Å². The van der Waals surface area contributed by atoms with Gasteiger partial charge in [-0.2, -0.15) is 0 Å². The van der Waals surface area contributed by atoms with Gasteiger partial charge in [-0.25, -0.2) is 0 Å². The van der Waals surface area contributed by atoms with Gasteiger partial charge in [-0.05, 0) is 80.6 Å². The summed E-state index contributed by atoms with van der Waals surface area (Å²) in [5.74, 6) is 0. The second-order valence-corrected chi connectivity index (χ2v) is 6.69. The van der Waals surface area contributed by atoms with Crippen LogP contribution < -0.4 is 0 Å². The van der Waals surface area contributed by atoms with Crippen LogP contribution in [0.3, 0.4) is 0 Å². The molecule has 0 saturated carbocycles. The number of fused-ring (bicyclic) bond motifs is 2. The van der Waals surface area contributed by atoms with E-state index in [9.17, 15) is 0 Å². The standard InChI is InChI=1S/C23H18/c1-13-14(2)17-9-6-11-19-18-10-4-7-16-8-5-12-20(22(16)18)21(15(13)3)23(17)19/h4-12H,1-3H3. The van der Waals surface area contributed by atoms with Gasteiger partial charge in [-0.15, -0.1) is 0 Å². The normalized spacial score (nSPS) is 12.1. The fourth-order valence-corrected chi connectivity index (χ4v) is 4.33. The smallest absolute Gasteiger partial charge is 0.00208 e. The number of benzene rings is 5. The molecule has 0 radical (unpaired) electrons. The van der Waals surface area contributed by atoms with Crippen molar-refractivity contribution in [1.82, 2.24) is 0 Å². The Bertz CT molecular complexity index is 1220. The fraction of sp³-hybridized carbons (Fsp3) is 0.130. The van der Waals surface area contributed by atoms with Gasteiger partial charge in [0, 0.05) is 0 Å². The zero-order chi connectivity index (χ0) is 15.7. The monoisotopic (exact) mass is 294 g/mol. The van der Waals surface area contributed by atoms with E-state index in [-0.39, 0.29) is 0 Å². The first-order chi connectivity index (χ1) is 11.2. The highest BCUT2D eigenvalue weighted by molar-refractivity contribution is 6.33. The van der Waals surface area contributed by atoms with E-state index < -0.39 is 0 Å². The van der Waals surface area contributed by atoms with E-state index in [1.54, 1.807) is 0 Å². The molecule has 5 aromatic rings. The molecular formula is C23H18. The van der Waals surface area contributed by atoms with Crippen molar-refractivity contribution in [2.45, 2.75) is 20.8 Å². The SMILES string of the molecule is Cc1c(C)c2cccc3c4cccc5cccc(c(c1C)c23)c54. The Hall–Kier alpha value is -2.60. The minimum Gasteiger partial charge on any atom is -0.0610 e. The Balaban J connectivity index is 2.32. The van der Waals surface area contributed by atoms with Crippen LogP contribution in [0.1, 0.15) is 16.7 Å². The van der Waals surface area contributed by atoms with Crippen LogP contribution in [-0.2, 0) is 0 Å². The summed E-state index contributed by atoms with van der Waals surface area (Å²) >= 11 is 0. The molecule has 0 saturated heterocycles. The zero-order valence-electron chi connectivity index (χ0n) is 13.7. The lowest BCUT2D eigenvalue weighted by atomic mass is 9.84. The Labute approximate surface area is 135 Å². The molecule has 0 atom stereocenters. The molecule has 0 amide bonds. The van der Waals surface area contributed by atoms with Crippen LogP contribution in [0.15, 0.2) is 54.6 Å². The highest BCUT2D eigenvalue weighted by Gasteiger charge is 2.16. The molecular weight excluding hydrogens is 276 g/mol. The van der Waals surface area contributed by atoms with Crippen LogP contribution in [0.5, 0.6) is 0 Å². The van der Waals surface area contributed by atoms with Crippen molar-refractivity contribution in [2.75, 3.05) is 0 Å². The van der Waals surface area contributed by atoms with Crippen molar-refractivity contribution in [3.05, 3.63) is 71.3 Å². The molecule has 23 heavy (non-hydrogen) atoms. The molecule has 110 valence electrons. The van der Waals surface area contributed by atoms with Gasteiger partial charge in [-0.3, -0.25) is 0 Å². The molecule has 0 aliphatic heterocycles. The van der Waals surface area contributed by atoms with E-state index in [0.29, 0.717) is 0 Å². The lowest BCUT2D eigenvalue weighted by molar-refractivity contribution is 1.32. The lowest BCUT2D eigenvalue weighted by Crippen LogP contribution is -1.94. The number of hydrogen-bond donors (Lipinski definition) is 0. The van der Waals surface area contributed by atoms with Crippen molar-refractivity contribution in [3.63, 3.8) is 0 Å². The average Bonchev–Trinajstić information content (AvgIpc) is 2.59. The highest BCUT2D eigenvalue weighted by Crippen LogP contribution is 2.43. The molecule has 0 aromatic heterocycles. The van der Waals surface area contributed by atoms with E-state index in [1.165, 1.54) is 59.8 Å². The van der Waals surface area contributed by atoms with Crippen LogP contribution in [-0.4, -0.2) is 0 Å². The number of hydrogen-bond acceptors (Lipinski definition) is 0. The molecule has 0 aliphatic rings. The maximum Gasteiger partial charge on any atom is -0.00208 e. The quantitative estimate of drug-likeness (QED) is 0.221. The Morgan fingerprint density at radius 2 is 1.00 bits per heavy atom. The first-order valence-electron chi connectivity index (χ1n) is 8.23. The third-order valence-corrected chi connectivity index (χ3v) is 5.68. The largest absolute Gasteiger partial charge is 0.0610 e. The third-order valence-electron chi connectivity index (χ3n) is 5.68. The van der Waals surface area contributed by atoms with Crippen molar-refractivity contribution in [1.29, 1.82) is 0 Å². The first-order valence-corrected chi connectivity index (χ1v) is 8.23. The molecule has 0 bridgehead atoms. The van der Waals surface area contributed by atoms with Crippen LogP contribution in [0.4, 0.5) is 0 Å². The lowest BCUT2D eigenvalue weighted by Gasteiger charge is -2.19. The zero-order valence-corrected chi connectivity index (χ0v) is 13.7. The topological polar surface area (TPSA) is 0 Å². The van der Waals surface area contributed by atoms with Crippen LogP contribution in [0.25, 0.3) is 43.1 Å². The van der Waals surface area contributed by atoms with Crippen LogP contribution in [0.2, 0.25) is 0 Å². The Morgan fingerprint density at radius 1 is 0.435 bits per heavy atom. The average molecular weight is 294 g/mol. The molecule has 5 rings (SSSR count). The van der Waals surface area contributed by atoms with Gasteiger partial charge in [0.15, 0.2) is 0 Å². The van der Waals surface area contributed by atoms with Crippen molar-refractivity contribution >= 4 is 43.1 Å². The Kier molecular flexibility index (Phi) is 2.37. The van der Waals surface area contributed by atoms with E-state index in [1.807, 2.05) is 0 Å². The first kappa shape index (κ1) is 12.9. The van der Waals surface area contributed by atoms with Gasteiger partial charge < -0.3 is 0 Å². The predicted molar refractivity (Wildman–Crippen MR) is 102 cm³/mol. The highest BCUT2D eigenvalue weighted by atomic mass is 14.2. The summed E-state index contributed by atoms with van der Waals surface area (Å²) in [7, 11) is 0. The van der Waals surface area contributed by atoms with Gasteiger partial charge in [0.25, 0.3) is 0 Å². The maximum absolute atomic E-state index is 2.29. The maximum atomic E-state index is 2.29. The van der Waals surface area contributed by atoms with Gasteiger partial charge in [-0.1, -0.05) is 54.6 Å². The summed E-state index contributed by atoms with van der Waals surface area (Å²) in [6.45, 7) is 6.79. The molecule has 0 unspecified atom stereocenters. The molecule has 0 heteroatoms. The molecule has 0 heterocycles. The van der Waals surface area contributed by atoms with Crippen LogP contribution in [0, 0.1) is 20.8 Å². The van der Waals surface area contributed by atoms with Gasteiger partial charge in [0.2, 0.25) is 0 Å². The third kappa shape index (κ3) is 1.46. The summed E-state index contributed by atoms with van der Waals surface area (Å²) in [4.78, 5) is 0. The molecule has 0 fully saturated rings. The summed E-state index contributed by atoms with van der Waals surface area (Å²) in [5, 5.41) is 11.1. The molecule has 5 aromatic carbocycles. The molecule has 0 spiro atoms. The number of aryl methyl sites for hydroxylation is 2. The summed E-state index contributed by atoms with van der Waals surface area (Å²) in [6, 6.07) is 20.1. The molecule has 0 N–H and O–H groups in total. The van der Waals surface area contributed by atoms with E-state index in [2.05, 4.69) is 75.4 Å². The Morgan fingerprint density at radius 3 is 1.74 bits per heavy atom. The summed E-state index contributed by atoms with van der Waals surface area (Å²) in [6.07, 6.45) is 0. The van der Waals surface area contributed by atoms with Crippen LogP contribution >= 0.6 is 0 Å². The van der Waals surface area contributed by atoms with Gasteiger partial charge in [0.05, 0.1) is 0 Å². The van der Waals surface area contributed by atoms with Crippen molar-refractivity contribution < 1.29 is 0 Å². The predicted octanol–water partition coefficient (Wildman–Crippen LogP) is 6.66. The molecule has 0 nitrogen and oxygen atoms in total. The number of rotatable bonds is 0. The van der Waals surface area contributed by atoms with Gasteiger partial charge >= 0.3 is 0 Å². The second-order valence-electron chi connectivity index (χ2n) is 6.69. The van der Waals surface area contributed by atoms with E-state index >= 15 is 0 Å².